The summed E-state index contributed by atoms with van der Waals surface area (Å²) in [6.45, 7) is 0. The quantitative estimate of drug-likeness (QED) is 0.453. The fourth-order valence-corrected chi connectivity index (χ4v) is 1.85. The Hall–Kier alpha value is -1.40. The fraction of sp³-hybridized carbons (Fsp3) is 0.0909. The van der Waals surface area contributed by atoms with Crippen LogP contribution in [0.25, 0.3) is 10.9 Å². The van der Waals surface area contributed by atoms with Gasteiger partial charge in [0.25, 0.3) is 0 Å². The highest BCUT2D eigenvalue weighted by Gasteiger charge is 2.01. The zero-order chi connectivity index (χ0) is 12.3. The van der Waals surface area contributed by atoms with Crippen LogP contribution in [0.15, 0.2) is 34.0 Å². The van der Waals surface area contributed by atoms with Gasteiger partial charge < -0.3 is 10.3 Å². The van der Waals surface area contributed by atoms with Gasteiger partial charge in [0.2, 0.25) is 0 Å². The highest BCUT2D eigenvalue weighted by atomic mass is 79.9. The molecule has 88 valence electrons. The van der Waals surface area contributed by atoms with Gasteiger partial charge in [-0.05, 0) is 30.4 Å². The molecule has 0 saturated heterocycles. The van der Waals surface area contributed by atoms with Gasteiger partial charge in [-0.15, -0.1) is 0 Å². The Morgan fingerprint density at radius 3 is 3.12 bits per heavy atom. The Balaban J connectivity index is 2.24. The summed E-state index contributed by atoms with van der Waals surface area (Å²) >= 11 is 8.36. The molecule has 2 rings (SSSR count). The molecular weight excluding hydrogens is 300 g/mol. The number of hydrazone groups is 1. The molecule has 2 aromatic rings. The summed E-state index contributed by atoms with van der Waals surface area (Å²) in [4.78, 5) is 3.18. The lowest BCUT2D eigenvalue weighted by atomic mass is 10.2. The number of H-pyrrole nitrogens is 1. The third-order valence-electron chi connectivity index (χ3n) is 2.27. The number of nitrogens with one attached hydrogen (secondary N) is 3. The summed E-state index contributed by atoms with van der Waals surface area (Å²) in [5.41, 5.74) is 4.80. The first-order valence-corrected chi connectivity index (χ1v) is 6.18. The molecule has 0 fully saturated rings. The molecule has 1 aromatic heterocycles. The average Bonchev–Trinajstić information content (AvgIpc) is 2.72. The smallest absolute Gasteiger partial charge is 0.186 e. The fourth-order valence-electron chi connectivity index (χ4n) is 1.44. The maximum atomic E-state index is 4.92. The normalized spacial score (nSPS) is 10.9. The number of hydrogen-bond acceptors (Lipinski definition) is 2. The predicted octanol–water partition coefficient (Wildman–Crippen LogP) is 2.36. The van der Waals surface area contributed by atoms with Crippen molar-refractivity contribution in [2.24, 2.45) is 5.10 Å². The first kappa shape index (κ1) is 12.1. The van der Waals surface area contributed by atoms with Gasteiger partial charge in [0, 0.05) is 34.2 Å². The molecule has 0 atom stereocenters. The van der Waals surface area contributed by atoms with Crippen molar-refractivity contribution in [3.8, 4) is 0 Å². The molecule has 0 aliphatic carbocycles. The van der Waals surface area contributed by atoms with Crippen LogP contribution in [-0.2, 0) is 0 Å². The summed E-state index contributed by atoms with van der Waals surface area (Å²) in [5, 5.41) is 8.43. The Bertz CT molecular complexity index is 576. The van der Waals surface area contributed by atoms with Gasteiger partial charge in [0.1, 0.15) is 0 Å². The van der Waals surface area contributed by atoms with Gasteiger partial charge >= 0.3 is 0 Å². The number of thiocarbonyl (C=S) groups is 1. The number of benzene rings is 1. The van der Waals surface area contributed by atoms with Crippen molar-refractivity contribution in [3.63, 3.8) is 0 Å². The second-order valence-electron chi connectivity index (χ2n) is 3.38. The van der Waals surface area contributed by atoms with Crippen LogP contribution < -0.4 is 10.7 Å². The summed E-state index contributed by atoms with van der Waals surface area (Å²) in [7, 11) is 1.74. The van der Waals surface area contributed by atoms with E-state index in [1.54, 1.807) is 13.3 Å². The van der Waals surface area contributed by atoms with Gasteiger partial charge in [-0.1, -0.05) is 15.9 Å². The molecule has 0 unspecified atom stereocenters. The van der Waals surface area contributed by atoms with Crippen molar-refractivity contribution < 1.29 is 0 Å². The zero-order valence-corrected chi connectivity index (χ0v) is 11.5. The van der Waals surface area contributed by atoms with Crippen LogP contribution in [0, 0.1) is 0 Å². The van der Waals surface area contributed by atoms with Gasteiger partial charge in [-0.2, -0.15) is 5.10 Å². The van der Waals surface area contributed by atoms with Gasteiger partial charge in [0.15, 0.2) is 5.11 Å². The molecule has 0 bridgehead atoms. The number of nitrogens with zero attached hydrogens (tertiary/aromatic N) is 1. The van der Waals surface area contributed by atoms with E-state index in [0.29, 0.717) is 5.11 Å². The zero-order valence-electron chi connectivity index (χ0n) is 9.12. The molecule has 17 heavy (non-hydrogen) atoms. The van der Waals surface area contributed by atoms with Gasteiger partial charge in [-0.3, -0.25) is 5.43 Å². The second-order valence-corrected chi connectivity index (χ2v) is 4.71. The number of aromatic nitrogens is 1. The Morgan fingerprint density at radius 2 is 2.35 bits per heavy atom. The Kier molecular flexibility index (Phi) is 3.75. The Labute approximate surface area is 113 Å². The summed E-state index contributed by atoms with van der Waals surface area (Å²) in [5.74, 6) is 0. The lowest BCUT2D eigenvalue weighted by Crippen LogP contribution is -2.28. The summed E-state index contributed by atoms with van der Waals surface area (Å²) < 4.78 is 1.04. The molecule has 1 heterocycles. The van der Waals surface area contributed by atoms with E-state index in [1.165, 1.54) is 0 Å². The summed E-state index contributed by atoms with van der Waals surface area (Å²) in [6.07, 6.45) is 3.64. The third-order valence-corrected chi connectivity index (χ3v) is 3.06. The lowest BCUT2D eigenvalue weighted by Gasteiger charge is -1.99. The van der Waals surface area contributed by atoms with E-state index in [-0.39, 0.29) is 0 Å². The number of halogens is 1. The van der Waals surface area contributed by atoms with Crippen LogP contribution in [0.1, 0.15) is 5.56 Å². The van der Waals surface area contributed by atoms with Crippen molar-refractivity contribution in [1.82, 2.24) is 15.7 Å². The maximum absolute atomic E-state index is 4.92. The van der Waals surface area contributed by atoms with Crippen molar-refractivity contribution in [2.75, 3.05) is 7.05 Å². The van der Waals surface area contributed by atoms with Crippen molar-refractivity contribution in [2.45, 2.75) is 0 Å². The van der Waals surface area contributed by atoms with E-state index in [0.717, 1.165) is 20.9 Å². The van der Waals surface area contributed by atoms with Crippen molar-refractivity contribution in [1.29, 1.82) is 0 Å². The lowest BCUT2D eigenvalue weighted by molar-refractivity contribution is 0.982. The molecule has 6 heteroatoms. The van der Waals surface area contributed by atoms with Crippen LogP contribution in [0.4, 0.5) is 0 Å². The van der Waals surface area contributed by atoms with E-state index in [9.17, 15) is 0 Å². The van der Waals surface area contributed by atoms with E-state index in [4.69, 9.17) is 12.2 Å². The minimum Gasteiger partial charge on any atom is -0.364 e. The molecule has 0 saturated carbocycles. The first-order valence-electron chi connectivity index (χ1n) is 4.98. The topological polar surface area (TPSA) is 52.2 Å². The monoisotopic (exact) mass is 310 g/mol. The van der Waals surface area contributed by atoms with E-state index in [2.05, 4.69) is 36.8 Å². The maximum Gasteiger partial charge on any atom is 0.186 e. The highest BCUT2D eigenvalue weighted by Crippen LogP contribution is 2.21. The minimum atomic E-state index is 0.488. The van der Waals surface area contributed by atoms with Crippen molar-refractivity contribution in [3.05, 3.63) is 34.4 Å². The molecule has 0 aliphatic rings. The van der Waals surface area contributed by atoms with Crippen LogP contribution in [0.5, 0.6) is 0 Å². The second kappa shape index (κ2) is 5.29. The molecule has 0 spiro atoms. The molecule has 4 nitrogen and oxygen atoms in total. The first-order chi connectivity index (χ1) is 8.20. The summed E-state index contributed by atoms with van der Waals surface area (Å²) in [6, 6.07) is 6.06. The molecular formula is C11H11BrN4S. The van der Waals surface area contributed by atoms with Gasteiger partial charge in [-0.25, -0.2) is 0 Å². The standard InChI is InChI=1S/C11H11BrN4S/c1-13-11(17)16-15-6-7-5-14-10-3-2-8(12)4-9(7)10/h2-6,14H,1H3,(H2,13,16,17)/b15-6+. The van der Waals surface area contributed by atoms with E-state index >= 15 is 0 Å². The molecule has 0 aliphatic heterocycles. The third kappa shape index (κ3) is 2.83. The van der Waals surface area contributed by atoms with Crippen LogP contribution in [0.3, 0.4) is 0 Å². The number of rotatable bonds is 2. The largest absolute Gasteiger partial charge is 0.364 e. The van der Waals surface area contributed by atoms with Gasteiger partial charge in [0.05, 0.1) is 6.21 Å². The van der Waals surface area contributed by atoms with Crippen LogP contribution in [-0.4, -0.2) is 23.4 Å². The number of fused-ring (bicyclic) bond motifs is 1. The highest BCUT2D eigenvalue weighted by molar-refractivity contribution is 9.10. The molecule has 3 N–H and O–H groups in total. The van der Waals surface area contributed by atoms with Crippen LogP contribution in [0.2, 0.25) is 0 Å². The number of aromatic amines is 1. The SMILES string of the molecule is CNC(=S)N/N=C/c1c[nH]c2ccc(Br)cc12. The van der Waals surface area contributed by atoms with Crippen LogP contribution >= 0.6 is 28.1 Å². The molecule has 0 amide bonds. The van der Waals surface area contributed by atoms with E-state index < -0.39 is 0 Å². The van der Waals surface area contributed by atoms with E-state index in [1.807, 2.05) is 24.4 Å². The Morgan fingerprint density at radius 1 is 1.53 bits per heavy atom. The minimum absolute atomic E-state index is 0.488. The molecule has 0 radical (unpaired) electrons. The number of hydrogen-bond donors (Lipinski definition) is 3. The molecule has 1 aromatic carbocycles. The van der Waals surface area contributed by atoms with Crippen molar-refractivity contribution >= 4 is 50.4 Å². The predicted molar refractivity (Wildman–Crippen MR) is 78.4 cm³/mol. The average molecular weight is 311 g/mol.